The largest absolute Gasteiger partial charge is 0.416 e. The SMILES string of the molecule is CCC[C@@]1(CO)CN(Cc2cccc(C(F)(F)F)c2)CC[C@@H]1O. The molecule has 0 radical (unpaired) electrons. The minimum Gasteiger partial charge on any atom is -0.396 e. The quantitative estimate of drug-likeness (QED) is 0.871. The van der Waals surface area contributed by atoms with Crippen LogP contribution in [0, 0.1) is 5.41 Å². The second-order valence-corrected chi connectivity index (χ2v) is 6.48. The fraction of sp³-hybridized carbons (Fsp3) is 0.647. The zero-order valence-electron chi connectivity index (χ0n) is 13.3. The van der Waals surface area contributed by atoms with Gasteiger partial charge >= 0.3 is 6.18 Å². The van der Waals surface area contributed by atoms with Crippen molar-refractivity contribution in [2.45, 2.75) is 45.0 Å². The van der Waals surface area contributed by atoms with Crippen LogP contribution in [-0.4, -0.2) is 40.9 Å². The van der Waals surface area contributed by atoms with Crippen molar-refractivity contribution < 1.29 is 23.4 Å². The van der Waals surface area contributed by atoms with E-state index in [1.807, 2.05) is 11.8 Å². The third-order valence-corrected chi connectivity index (χ3v) is 4.69. The van der Waals surface area contributed by atoms with E-state index in [1.54, 1.807) is 6.07 Å². The van der Waals surface area contributed by atoms with E-state index < -0.39 is 23.3 Å². The van der Waals surface area contributed by atoms with Crippen molar-refractivity contribution in [2.75, 3.05) is 19.7 Å². The third kappa shape index (κ3) is 4.25. The number of rotatable bonds is 5. The van der Waals surface area contributed by atoms with Gasteiger partial charge < -0.3 is 10.2 Å². The van der Waals surface area contributed by atoms with Crippen molar-refractivity contribution in [2.24, 2.45) is 5.41 Å². The highest BCUT2D eigenvalue weighted by Crippen LogP contribution is 2.35. The number of aliphatic hydroxyl groups is 2. The highest BCUT2D eigenvalue weighted by atomic mass is 19.4. The first-order valence-electron chi connectivity index (χ1n) is 7.98. The molecule has 0 amide bonds. The van der Waals surface area contributed by atoms with Crippen molar-refractivity contribution in [1.82, 2.24) is 4.90 Å². The van der Waals surface area contributed by atoms with Crippen molar-refractivity contribution in [3.05, 3.63) is 35.4 Å². The number of nitrogens with zero attached hydrogens (tertiary/aromatic N) is 1. The topological polar surface area (TPSA) is 43.7 Å². The summed E-state index contributed by atoms with van der Waals surface area (Å²) < 4.78 is 38.4. The van der Waals surface area contributed by atoms with Crippen LogP contribution in [-0.2, 0) is 12.7 Å². The molecule has 2 N–H and O–H groups in total. The fourth-order valence-corrected chi connectivity index (χ4v) is 3.46. The van der Waals surface area contributed by atoms with Crippen LogP contribution in [0.15, 0.2) is 24.3 Å². The Kier molecular flexibility index (Phi) is 5.70. The lowest BCUT2D eigenvalue weighted by atomic mass is 9.74. The van der Waals surface area contributed by atoms with Gasteiger partial charge in [0.05, 0.1) is 18.3 Å². The summed E-state index contributed by atoms with van der Waals surface area (Å²) in [6, 6.07) is 5.34. The van der Waals surface area contributed by atoms with E-state index in [1.165, 1.54) is 12.1 Å². The molecule has 23 heavy (non-hydrogen) atoms. The van der Waals surface area contributed by atoms with Crippen LogP contribution < -0.4 is 0 Å². The first-order chi connectivity index (χ1) is 10.8. The molecule has 3 nitrogen and oxygen atoms in total. The summed E-state index contributed by atoms with van der Waals surface area (Å²) in [5, 5.41) is 20.0. The third-order valence-electron chi connectivity index (χ3n) is 4.69. The van der Waals surface area contributed by atoms with Crippen molar-refractivity contribution in [3.8, 4) is 0 Å². The summed E-state index contributed by atoms with van der Waals surface area (Å²) >= 11 is 0. The Morgan fingerprint density at radius 2 is 2.09 bits per heavy atom. The second kappa shape index (κ2) is 7.20. The van der Waals surface area contributed by atoms with E-state index in [9.17, 15) is 23.4 Å². The van der Waals surface area contributed by atoms with Crippen molar-refractivity contribution in [1.29, 1.82) is 0 Å². The Hall–Kier alpha value is -1.11. The molecule has 2 rings (SSSR count). The van der Waals surface area contributed by atoms with Crippen LogP contribution in [0.4, 0.5) is 13.2 Å². The van der Waals surface area contributed by atoms with E-state index in [2.05, 4.69) is 0 Å². The lowest BCUT2D eigenvalue weighted by Crippen LogP contribution is -2.53. The maximum Gasteiger partial charge on any atom is 0.416 e. The molecule has 1 aliphatic rings. The van der Waals surface area contributed by atoms with E-state index in [4.69, 9.17) is 0 Å². The molecule has 1 heterocycles. The fourth-order valence-electron chi connectivity index (χ4n) is 3.46. The van der Waals surface area contributed by atoms with Crippen LogP contribution in [0.3, 0.4) is 0 Å². The van der Waals surface area contributed by atoms with Crippen LogP contribution in [0.5, 0.6) is 0 Å². The Morgan fingerprint density at radius 3 is 2.70 bits per heavy atom. The van der Waals surface area contributed by atoms with Gasteiger partial charge in [-0.05, 0) is 24.5 Å². The van der Waals surface area contributed by atoms with Gasteiger partial charge in [-0.3, -0.25) is 4.90 Å². The first kappa shape index (κ1) is 18.2. The number of benzene rings is 1. The van der Waals surface area contributed by atoms with Gasteiger partial charge in [0.1, 0.15) is 0 Å². The normalized spacial score (nSPS) is 26.4. The molecule has 0 saturated carbocycles. The molecule has 1 aliphatic heterocycles. The van der Waals surface area contributed by atoms with Crippen molar-refractivity contribution >= 4 is 0 Å². The van der Waals surface area contributed by atoms with Gasteiger partial charge in [0.25, 0.3) is 0 Å². The molecule has 0 unspecified atom stereocenters. The zero-order chi connectivity index (χ0) is 17.1. The van der Waals surface area contributed by atoms with Crippen LogP contribution >= 0.6 is 0 Å². The van der Waals surface area contributed by atoms with E-state index >= 15 is 0 Å². The maximum absolute atomic E-state index is 12.8. The van der Waals surface area contributed by atoms with Crippen molar-refractivity contribution in [3.63, 3.8) is 0 Å². The molecule has 1 aromatic carbocycles. The summed E-state index contributed by atoms with van der Waals surface area (Å²) in [5.74, 6) is 0. The van der Waals surface area contributed by atoms with Gasteiger partial charge in [0.15, 0.2) is 0 Å². The standard InChI is InChI=1S/C17H24F3NO2/c1-2-7-16(12-22)11-21(8-6-15(16)23)10-13-4-3-5-14(9-13)17(18,19)20/h3-5,9,15,22-23H,2,6-8,10-12H2,1H3/t15-,16-/m0/s1. The Morgan fingerprint density at radius 1 is 1.35 bits per heavy atom. The summed E-state index contributed by atoms with van der Waals surface area (Å²) in [5.41, 5.74) is -0.622. The summed E-state index contributed by atoms with van der Waals surface area (Å²) in [6.07, 6.45) is -2.84. The smallest absolute Gasteiger partial charge is 0.396 e. The minimum absolute atomic E-state index is 0.110. The number of piperidine rings is 1. The summed E-state index contributed by atoms with van der Waals surface area (Å²) in [4.78, 5) is 2.02. The van der Waals surface area contributed by atoms with Crippen LogP contribution in [0.25, 0.3) is 0 Å². The van der Waals surface area contributed by atoms with E-state index in [-0.39, 0.29) is 6.61 Å². The molecule has 0 aromatic heterocycles. The van der Waals surface area contributed by atoms with Gasteiger partial charge in [-0.2, -0.15) is 13.2 Å². The Labute approximate surface area is 134 Å². The van der Waals surface area contributed by atoms with Crippen LogP contribution in [0.2, 0.25) is 0 Å². The number of halogens is 3. The molecule has 0 aliphatic carbocycles. The van der Waals surface area contributed by atoms with E-state index in [0.29, 0.717) is 38.0 Å². The molecule has 1 fully saturated rings. The average Bonchev–Trinajstić information content (AvgIpc) is 2.50. The molecule has 2 atom stereocenters. The van der Waals surface area contributed by atoms with Gasteiger partial charge in [0, 0.05) is 25.0 Å². The lowest BCUT2D eigenvalue weighted by Gasteiger charge is -2.45. The van der Waals surface area contributed by atoms with Gasteiger partial charge in [-0.1, -0.05) is 31.5 Å². The monoisotopic (exact) mass is 331 g/mol. The number of aliphatic hydroxyl groups excluding tert-OH is 2. The van der Waals surface area contributed by atoms with Gasteiger partial charge in [0.2, 0.25) is 0 Å². The Bertz CT molecular complexity index is 521. The lowest BCUT2D eigenvalue weighted by molar-refractivity contribution is -0.137. The number of likely N-dealkylation sites (tertiary alicyclic amines) is 1. The molecule has 0 spiro atoms. The highest BCUT2D eigenvalue weighted by molar-refractivity contribution is 5.25. The minimum atomic E-state index is -4.34. The first-order valence-corrected chi connectivity index (χ1v) is 7.98. The highest BCUT2D eigenvalue weighted by Gasteiger charge is 2.41. The summed E-state index contributed by atoms with van der Waals surface area (Å²) in [6.45, 7) is 3.39. The molecular formula is C17H24F3NO2. The molecule has 6 heteroatoms. The maximum atomic E-state index is 12.8. The Balaban J connectivity index is 2.11. The molecule has 130 valence electrons. The number of hydrogen-bond acceptors (Lipinski definition) is 3. The molecule has 0 bridgehead atoms. The van der Waals surface area contributed by atoms with Crippen LogP contribution in [0.1, 0.15) is 37.3 Å². The summed E-state index contributed by atoms with van der Waals surface area (Å²) in [7, 11) is 0. The van der Waals surface area contributed by atoms with Gasteiger partial charge in [-0.15, -0.1) is 0 Å². The molecule has 1 aromatic rings. The molecular weight excluding hydrogens is 307 g/mol. The number of alkyl halides is 3. The van der Waals surface area contributed by atoms with Gasteiger partial charge in [-0.25, -0.2) is 0 Å². The number of hydrogen-bond donors (Lipinski definition) is 2. The predicted molar refractivity (Wildman–Crippen MR) is 81.8 cm³/mol. The second-order valence-electron chi connectivity index (χ2n) is 6.48. The molecule has 1 saturated heterocycles. The predicted octanol–water partition coefficient (Wildman–Crippen LogP) is 3.05. The average molecular weight is 331 g/mol. The van der Waals surface area contributed by atoms with E-state index in [0.717, 1.165) is 12.5 Å². The zero-order valence-corrected chi connectivity index (χ0v) is 13.3.